The van der Waals surface area contributed by atoms with Gasteiger partial charge >= 0.3 is 24.6 Å². The first-order chi connectivity index (χ1) is 20.0. The lowest BCUT2D eigenvalue weighted by molar-refractivity contribution is -0.143. The van der Waals surface area contributed by atoms with E-state index < -0.39 is 82.7 Å². The number of carbonyl (C=O) groups excluding carboxylic acids is 1. The Morgan fingerprint density at radius 1 is 0.795 bits per heavy atom. The molecule has 0 spiro atoms. The van der Waals surface area contributed by atoms with Crippen molar-refractivity contribution in [1.82, 2.24) is 4.90 Å². The van der Waals surface area contributed by atoms with Crippen LogP contribution in [0.3, 0.4) is 0 Å². The van der Waals surface area contributed by atoms with Crippen LogP contribution < -0.4 is 0 Å². The Balaban J connectivity index is 1.81. The number of ether oxygens (including phenoxy) is 1. The maximum atomic E-state index is 14.5. The summed E-state index contributed by atoms with van der Waals surface area (Å²) in [5, 5.41) is 20.8. The van der Waals surface area contributed by atoms with Crippen LogP contribution in [0.1, 0.15) is 60.3 Å². The monoisotopic (exact) mass is 639 g/mol. The van der Waals surface area contributed by atoms with Gasteiger partial charge in [0.2, 0.25) is 0 Å². The van der Waals surface area contributed by atoms with Crippen LogP contribution >= 0.6 is 0 Å². The van der Waals surface area contributed by atoms with Gasteiger partial charge in [-0.1, -0.05) is 6.07 Å². The van der Waals surface area contributed by atoms with E-state index in [1.54, 1.807) is 0 Å². The van der Waals surface area contributed by atoms with Crippen molar-refractivity contribution in [1.29, 1.82) is 0 Å². The summed E-state index contributed by atoms with van der Waals surface area (Å²) in [4.78, 5) is 13.7. The molecule has 0 aromatic heterocycles. The third-order valence-corrected chi connectivity index (χ3v) is 7.14. The fraction of sp³-hybridized carbons (Fsp3) is 0.345. The molecule has 0 aliphatic carbocycles. The molecule has 1 amide bonds. The average Bonchev–Trinajstić information content (AvgIpc) is 3.15. The summed E-state index contributed by atoms with van der Waals surface area (Å²) >= 11 is 0. The van der Waals surface area contributed by atoms with Crippen molar-refractivity contribution in [2.45, 2.75) is 63.6 Å². The number of alkyl halides is 9. The van der Waals surface area contributed by atoms with Crippen molar-refractivity contribution in [3.8, 4) is 16.9 Å². The summed E-state index contributed by atoms with van der Waals surface area (Å²) in [5.74, 6) is -1.75. The predicted molar refractivity (Wildman–Crippen MR) is 134 cm³/mol. The number of cyclic esters (lactones) is 1. The number of rotatable bonds is 5. The lowest BCUT2D eigenvalue weighted by Crippen LogP contribution is -2.32. The quantitative estimate of drug-likeness (QED) is 0.275. The second kappa shape index (κ2) is 10.9. The van der Waals surface area contributed by atoms with Crippen LogP contribution in [0.4, 0.5) is 48.7 Å². The Morgan fingerprint density at radius 2 is 1.34 bits per heavy atom. The average molecular weight is 639 g/mol. The molecular formula is C29H23F10NO4. The molecule has 0 unspecified atom stereocenters. The number of phenols is 1. The molecule has 5 nitrogen and oxygen atoms in total. The number of carbonyl (C=O) groups is 1. The van der Waals surface area contributed by atoms with Crippen molar-refractivity contribution in [2.75, 3.05) is 0 Å². The number of phenolic OH excluding ortho intramolecular Hbond substituents is 1. The smallest absolute Gasteiger partial charge is 0.416 e. The van der Waals surface area contributed by atoms with E-state index in [-0.39, 0.29) is 28.3 Å². The zero-order valence-corrected chi connectivity index (χ0v) is 22.9. The third-order valence-electron chi connectivity index (χ3n) is 7.14. The first-order valence-electron chi connectivity index (χ1n) is 12.7. The second-order valence-electron chi connectivity index (χ2n) is 10.8. The molecule has 0 saturated carbocycles. The van der Waals surface area contributed by atoms with Gasteiger partial charge in [0.15, 0.2) is 0 Å². The van der Waals surface area contributed by atoms with Crippen LogP contribution in [0.15, 0.2) is 48.5 Å². The fourth-order valence-electron chi connectivity index (χ4n) is 4.90. The number of aliphatic hydroxyl groups is 1. The number of benzene rings is 3. The number of hydrogen-bond donors (Lipinski definition) is 2. The first-order valence-corrected chi connectivity index (χ1v) is 12.7. The Bertz CT molecular complexity index is 1560. The van der Waals surface area contributed by atoms with Gasteiger partial charge in [-0.2, -0.15) is 39.5 Å². The number of nitrogens with zero attached hydrogens (tertiary/aromatic N) is 1. The second-order valence-corrected chi connectivity index (χ2v) is 10.8. The van der Waals surface area contributed by atoms with Crippen LogP contribution in [0.5, 0.6) is 5.75 Å². The van der Waals surface area contributed by atoms with E-state index in [9.17, 15) is 58.9 Å². The summed E-state index contributed by atoms with van der Waals surface area (Å²) in [7, 11) is 0. The van der Waals surface area contributed by atoms with Crippen molar-refractivity contribution in [2.24, 2.45) is 0 Å². The standard InChI is InChI=1S/C29H23F10NO4/c1-13-24(14-6-17(28(34,35)36)9-18(7-14)29(37,38)39)44-25(42)40(13)12-15-8-16(27(31,32)33)4-5-19(15)20-10-21(26(2,3)43)22(30)11-23(20)41/h4-11,13,24,41,43H,12H2,1-3H3/t13-,24-/m0/s1. The summed E-state index contributed by atoms with van der Waals surface area (Å²) in [5.41, 5.74) is -7.91. The molecule has 0 bridgehead atoms. The third kappa shape index (κ3) is 6.56. The van der Waals surface area contributed by atoms with Crippen molar-refractivity contribution >= 4 is 6.09 Å². The van der Waals surface area contributed by atoms with Gasteiger partial charge in [0, 0.05) is 17.2 Å². The predicted octanol–water partition coefficient (Wildman–Crippen LogP) is 8.56. The van der Waals surface area contributed by atoms with Crippen LogP contribution in [-0.4, -0.2) is 27.2 Å². The Hall–Kier alpha value is -4.01. The van der Waals surface area contributed by atoms with Gasteiger partial charge in [0.25, 0.3) is 0 Å². The van der Waals surface area contributed by atoms with Crippen molar-refractivity contribution in [3.63, 3.8) is 0 Å². The molecule has 1 fully saturated rings. The lowest BCUT2D eigenvalue weighted by atomic mass is 9.90. The summed E-state index contributed by atoms with van der Waals surface area (Å²) in [6.45, 7) is 2.95. The molecule has 1 heterocycles. The van der Waals surface area contributed by atoms with Gasteiger partial charge in [-0.05, 0) is 73.9 Å². The molecule has 0 radical (unpaired) electrons. The van der Waals surface area contributed by atoms with Crippen LogP contribution in [0.25, 0.3) is 11.1 Å². The van der Waals surface area contributed by atoms with E-state index in [0.29, 0.717) is 30.3 Å². The Kier molecular flexibility index (Phi) is 8.12. The molecule has 238 valence electrons. The van der Waals surface area contributed by atoms with Crippen LogP contribution in [-0.2, 0) is 35.4 Å². The van der Waals surface area contributed by atoms with Crippen LogP contribution in [0, 0.1) is 5.82 Å². The molecule has 15 heteroatoms. The molecule has 1 aliphatic heterocycles. The molecule has 1 aliphatic rings. The fourth-order valence-corrected chi connectivity index (χ4v) is 4.90. The Morgan fingerprint density at radius 3 is 1.84 bits per heavy atom. The van der Waals surface area contributed by atoms with E-state index in [2.05, 4.69) is 0 Å². The highest BCUT2D eigenvalue weighted by Crippen LogP contribution is 2.43. The summed E-state index contributed by atoms with van der Waals surface area (Å²) in [6.07, 6.45) is -18.2. The van der Waals surface area contributed by atoms with E-state index in [4.69, 9.17) is 4.74 Å². The SMILES string of the molecule is C[C@H]1[C@@H](c2cc(C(F)(F)F)cc(C(F)(F)F)c2)OC(=O)N1Cc1cc(C(F)(F)F)ccc1-c1cc(C(C)(C)O)c(F)cc1O. The Labute approximate surface area is 243 Å². The van der Waals surface area contributed by atoms with E-state index in [1.165, 1.54) is 20.8 Å². The summed E-state index contributed by atoms with van der Waals surface area (Å²) in [6, 6.07) is 3.24. The number of amides is 1. The molecule has 2 atom stereocenters. The van der Waals surface area contributed by atoms with Crippen LogP contribution in [0.2, 0.25) is 0 Å². The van der Waals surface area contributed by atoms with Crippen molar-refractivity contribution in [3.05, 3.63) is 87.7 Å². The number of aromatic hydroxyl groups is 1. The largest absolute Gasteiger partial charge is 0.507 e. The highest BCUT2D eigenvalue weighted by atomic mass is 19.4. The highest BCUT2D eigenvalue weighted by Gasteiger charge is 2.44. The topological polar surface area (TPSA) is 70.0 Å². The number of hydrogen-bond acceptors (Lipinski definition) is 4. The van der Waals surface area contributed by atoms with Gasteiger partial charge in [0.1, 0.15) is 17.7 Å². The zero-order valence-electron chi connectivity index (χ0n) is 22.9. The highest BCUT2D eigenvalue weighted by molar-refractivity contribution is 5.76. The van der Waals surface area contributed by atoms with Gasteiger partial charge in [-0.3, -0.25) is 4.90 Å². The molecule has 3 aromatic carbocycles. The lowest BCUT2D eigenvalue weighted by Gasteiger charge is -2.25. The molecule has 4 rings (SSSR count). The molecular weight excluding hydrogens is 616 g/mol. The molecule has 2 N–H and O–H groups in total. The minimum atomic E-state index is -5.19. The van der Waals surface area contributed by atoms with E-state index in [0.717, 1.165) is 17.0 Å². The maximum Gasteiger partial charge on any atom is 0.416 e. The van der Waals surface area contributed by atoms with Gasteiger partial charge in [0.05, 0.1) is 34.9 Å². The maximum absolute atomic E-state index is 14.5. The minimum Gasteiger partial charge on any atom is -0.507 e. The first kappa shape index (κ1) is 32.9. The minimum absolute atomic E-state index is 0.102. The number of halogens is 10. The summed E-state index contributed by atoms with van der Waals surface area (Å²) < 4.78 is 141. The van der Waals surface area contributed by atoms with Crippen molar-refractivity contribution < 1.29 is 63.6 Å². The van der Waals surface area contributed by atoms with E-state index >= 15 is 0 Å². The molecule has 3 aromatic rings. The van der Waals surface area contributed by atoms with E-state index in [1.807, 2.05) is 0 Å². The van der Waals surface area contributed by atoms with Gasteiger partial charge in [-0.25, -0.2) is 9.18 Å². The molecule has 1 saturated heterocycles. The zero-order chi connectivity index (χ0) is 33.2. The van der Waals surface area contributed by atoms with Gasteiger partial charge < -0.3 is 14.9 Å². The van der Waals surface area contributed by atoms with Gasteiger partial charge in [-0.15, -0.1) is 0 Å². The molecule has 44 heavy (non-hydrogen) atoms. The normalized spacial score (nSPS) is 18.1.